The van der Waals surface area contributed by atoms with Crippen LogP contribution >= 0.6 is 11.8 Å². The molecule has 0 saturated carbocycles. The number of unbranched alkanes of at least 4 members (excludes halogenated alkanes) is 1. The van der Waals surface area contributed by atoms with Gasteiger partial charge in [-0.15, -0.1) is 5.73 Å². The van der Waals surface area contributed by atoms with Gasteiger partial charge in [0.05, 0.1) is 0 Å². The maximum Gasteiger partial charge on any atom is 0.0303 e. The highest BCUT2D eigenvalue weighted by Gasteiger charge is 1.92. The Morgan fingerprint density at radius 2 is 2.36 bits per heavy atom. The fraction of sp³-hybridized carbons (Fsp3) is 0.500. The summed E-state index contributed by atoms with van der Waals surface area (Å²) >= 11 is 1.72. The smallest absolute Gasteiger partial charge is 0.0303 e. The molecule has 0 fully saturated rings. The SMILES string of the molecule is C=C=C(CCCC)S/C=C/C. The molecule has 0 atom stereocenters. The summed E-state index contributed by atoms with van der Waals surface area (Å²) < 4.78 is 0. The van der Waals surface area contributed by atoms with Crippen LogP contribution in [0, 0.1) is 0 Å². The molecule has 0 unspecified atom stereocenters. The summed E-state index contributed by atoms with van der Waals surface area (Å²) in [6.45, 7) is 7.87. The second-order valence-electron chi connectivity index (χ2n) is 2.29. The van der Waals surface area contributed by atoms with Crippen molar-refractivity contribution in [2.75, 3.05) is 0 Å². The van der Waals surface area contributed by atoms with Crippen LogP contribution in [-0.4, -0.2) is 0 Å². The van der Waals surface area contributed by atoms with E-state index in [0.29, 0.717) is 0 Å². The number of allylic oxidation sites excluding steroid dienone is 2. The molecular formula is C10H16S. The first-order chi connectivity index (χ1) is 5.35. The molecule has 0 radical (unpaired) electrons. The predicted molar refractivity (Wildman–Crippen MR) is 54.6 cm³/mol. The summed E-state index contributed by atoms with van der Waals surface area (Å²) in [5.41, 5.74) is 2.95. The van der Waals surface area contributed by atoms with E-state index in [0.717, 1.165) is 6.42 Å². The van der Waals surface area contributed by atoms with Crippen molar-refractivity contribution < 1.29 is 0 Å². The minimum atomic E-state index is 1.12. The number of hydrogen-bond acceptors (Lipinski definition) is 1. The van der Waals surface area contributed by atoms with E-state index < -0.39 is 0 Å². The maximum absolute atomic E-state index is 3.65. The molecule has 0 rings (SSSR count). The molecule has 11 heavy (non-hydrogen) atoms. The first-order valence-electron chi connectivity index (χ1n) is 4.01. The Labute approximate surface area is 74.1 Å². The van der Waals surface area contributed by atoms with E-state index in [-0.39, 0.29) is 0 Å². The van der Waals surface area contributed by atoms with Crippen molar-refractivity contribution >= 4 is 11.8 Å². The zero-order valence-corrected chi connectivity index (χ0v) is 8.21. The quantitative estimate of drug-likeness (QED) is 0.557. The fourth-order valence-electron chi connectivity index (χ4n) is 0.676. The van der Waals surface area contributed by atoms with Crippen molar-refractivity contribution in [1.82, 2.24) is 0 Å². The summed E-state index contributed by atoms with van der Waals surface area (Å²) in [6.07, 6.45) is 5.63. The molecular weight excluding hydrogens is 152 g/mol. The standard InChI is InChI=1S/C10H16S/c1-4-7-8-10(6-3)11-9-5-2/h5,9H,3-4,7-8H2,1-2H3/b9-5+. The van der Waals surface area contributed by atoms with Crippen LogP contribution in [0.1, 0.15) is 33.1 Å². The van der Waals surface area contributed by atoms with Crippen molar-refractivity contribution in [3.05, 3.63) is 28.7 Å². The Morgan fingerprint density at radius 3 is 2.82 bits per heavy atom. The second-order valence-corrected chi connectivity index (χ2v) is 3.29. The third kappa shape index (κ3) is 6.03. The molecule has 0 aromatic heterocycles. The molecule has 0 bridgehead atoms. The molecule has 0 spiro atoms. The number of thioether (sulfide) groups is 1. The van der Waals surface area contributed by atoms with E-state index in [9.17, 15) is 0 Å². The zero-order valence-electron chi connectivity index (χ0n) is 7.39. The van der Waals surface area contributed by atoms with Crippen LogP contribution in [0.25, 0.3) is 0 Å². The molecule has 0 N–H and O–H groups in total. The Balaban J connectivity index is 3.69. The summed E-state index contributed by atoms with van der Waals surface area (Å²) in [5, 5.41) is 2.07. The van der Waals surface area contributed by atoms with E-state index in [2.05, 4.69) is 24.6 Å². The van der Waals surface area contributed by atoms with Gasteiger partial charge in [-0.3, -0.25) is 0 Å². The van der Waals surface area contributed by atoms with Crippen molar-refractivity contribution in [2.24, 2.45) is 0 Å². The Kier molecular flexibility index (Phi) is 7.44. The Morgan fingerprint density at radius 1 is 1.64 bits per heavy atom. The lowest BCUT2D eigenvalue weighted by atomic mass is 10.2. The van der Waals surface area contributed by atoms with Crippen LogP contribution in [0.15, 0.2) is 28.7 Å². The van der Waals surface area contributed by atoms with Gasteiger partial charge in [0.15, 0.2) is 0 Å². The van der Waals surface area contributed by atoms with Crippen LogP contribution < -0.4 is 0 Å². The molecule has 1 heteroatoms. The van der Waals surface area contributed by atoms with Gasteiger partial charge in [-0.25, -0.2) is 0 Å². The van der Waals surface area contributed by atoms with Crippen LogP contribution in [0.2, 0.25) is 0 Å². The minimum Gasteiger partial charge on any atom is -0.118 e. The summed E-state index contributed by atoms with van der Waals surface area (Å²) in [4.78, 5) is 1.25. The van der Waals surface area contributed by atoms with E-state index >= 15 is 0 Å². The van der Waals surface area contributed by atoms with Crippen LogP contribution in [-0.2, 0) is 0 Å². The van der Waals surface area contributed by atoms with Crippen LogP contribution in [0.4, 0.5) is 0 Å². The molecule has 0 aliphatic carbocycles. The highest BCUT2D eigenvalue weighted by molar-refractivity contribution is 8.05. The van der Waals surface area contributed by atoms with Crippen molar-refractivity contribution in [3.8, 4) is 0 Å². The minimum absolute atomic E-state index is 1.12. The second kappa shape index (κ2) is 7.71. The molecule has 0 aliphatic heterocycles. The average molecular weight is 168 g/mol. The van der Waals surface area contributed by atoms with Crippen molar-refractivity contribution in [2.45, 2.75) is 33.1 Å². The lowest BCUT2D eigenvalue weighted by Gasteiger charge is -1.97. The topological polar surface area (TPSA) is 0 Å². The number of rotatable bonds is 5. The van der Waals surface area contributed by atoms with Crippen molar-refractivity contribution in [3.63, 3.8) is 0 Å². The highest BCUT2D eigenvalue weighted by Crippen LogP contribution is 2.21. The molecule has 0 aromatic carbocycles. The van der Waals surface area contributed by atoms with Crippen molar-refractivity contribution in [1.29, 1.82) is 0 Å². The van der Waals surface area contributed by atoms with Gasteiger partial charge in [-0.2, -0.15) is 0 Å². The maximum atomic E-state index is 3.65. The van der Waals surface area contributed by atoms with Gasteiger partial charge in [0.1, 0.15) is 0 Å². The van der Waals surface area contributed by atoms with Gasteiger partial charge < -0.3 is 0 Å². The normalized spacial score (nSPS) is 10.0. The molecule has 0 saturated heterocycles. The molecule has 0 nitrogen and oxygen atoms in total. The summed E-state index contributed by atoms with van der Waals surface area (Å²) in [7, 11) is 0. The molecule has 62 valence electrons. The van der Waals surface area contributed by atoms with Crippen LogP contribution in [0.3, 0.4) is 0 Å². The van der Waals surface area contributed by atoms with Gasteiger partial charge >= 0.3 is 0 Å². The highest BCUT2D eigenvalue weighted by atomic mass is 32.2. The van der Waals surface area contributed by atoms with Crippen LogP contribution in [0.5, 0.6) is 0 Å². The molecule has 0 aliphatic rings. The zero-order chi connectivity index (χ0) is 8.53. The third-order valence-electron chi connectivity index (χ3n) is 1.30. The molecule has 0 aromatic rings. The van der Waals surface area contributed by atoms with E-state index in [1.807, 2.05) is 13.0 Å². The monoisotopic (exact) mass is 168 g/mol. The fourth-order valence-corrected chi connectivity index (χ4v) is 1.32. The Bertz CT molecular complexity index is 162. The number of hydrogen-bond donors (Lipinski definition) is 0. The first-order valence-corrected chi connectivity index (χ1v) is 4.89. The van der Waals surface area contributed by atoms with E-state index in [1.165, 1.54) is 17.7 Å². The average Bonchev–Trinajstić information content (AvgIpc) is 2.05. The first kappa shape index (κ1) is 10.6. The third-order valence-corrected chi connectivity index (χ3v) is 2.34. The molecule has 0 heterocycles. The summed E-state index contributed by atoms with van der Waals surface area (Å²) in [5.74, 6) is 0. The lowest BCUT2D eigenvalue weighted by Crippen LogP contribution is -1.73. The Hall–Kier alpha value is -0.390. The van der Waals surface area contributed by atoms with Gasteiger partial charge in [-0.1, -0.05) is 37.8 Å². The summed E-state index contributed by atoms with van der Waals surface area (Å²) in [6, 6.07) is 0. The van der Waals surface area contributed by atoms with Gasteiger partial charge in [0.25, 0.3) is 0 Å². The predicted octanol–water partition coefficient (Wildman–Crippen LogP) is 4.11. The van der Waals surface area contributed by atoms with E-state index in [1.54, 1.807) is 11.8 Å². The lowest BCUT2D eigenvalue weighted by molar-refractivity contribution is 0.810. The largest absolute Gasteiger partial charge is 0.118 e. The van der Waals surface area contributed by atoms with E-state index in [4.69, 9.17) is 0 Å². The molecule has 0 amide bonds. The van der Waals surface area contributed by atoms with Gasteiger partial charge in [0, 0.05) is 4.91 Å². The van der Waals surface area contributed by atoms with Gasteiger partial charge in [0.2, 0.25) is 0 Å². The van der Waals surface area contributed by atoms with Gasteiger partial charge in [-0.05, 0) is 25.2 Å².